The summed E-state index contributed by atoms with van der Waals surface area (Å²) < 4.78 is 1.83. The summed E-state index contributed by atoms with van der Waals surface area (Å²) in [5, 5.41) is 6.09. The number of halogens is 1. The fraction of sp³-hybridized carbons (Fsp3) is 0.300. The maximum atomic E-state index is 6.11. The lowest BCUT2D eigenvalue weighted by atomic mass is 10.1. The molecule has 0 aliphatic rings. The van der Waals surface area contributed by atoms with Gasteiger partial charge in [0.25, 0.3) is 0 Å². The molecule has 1 aromatic carbocycles. The van der Waals surface area contributed by atoms with Gasteiger partial charge < -0.3 is 5.73 Å². The summed E-state index contributed by atoms with van der Waals surface area (Å²) in [4.78, 5) is 0. The Hall–Kier alpha value is -1.06. The molecule has 3 nitrogen and oxygen atoms in total. The molecule has 2 N–H and O–H groups in total. The fourth-order valence-corrected chi connectivity index (χ4v) is 2.10. The highest BCUT2D eigenvalue weighted by molar-refractivity contribution is 6.35. The average Bonchev–Trinajstić information content (AvgIpc) is 2.44. The van der Waals surface area contributed by atoms with E-state index in [9.17, 15) is 0 Å². The molecule has 2 rings (SSSR count). The summed E-state index contributed by atoms with van der Waals surface area (Å²) in [7, 11) is 1.91. The van der Waals surface area contributed by atoms with Gasteiger partial charge in [-0.25, -0.2) is 0 Å². The van der Waals surface area contributed by atoms with Crippen LogP contribution in [0.2, 0.25) is 5.02 Å². The van der Waals surface area contributed by atoms with Crippen molar-refractivity contribution in [1.29, 1.82) is 0 Å². The van der Waals surface area contributed by atoms with Gasteiger partial charge in [0.2, 0.25) is 0 Å². The maximum absolute atomic E-state index is 6.11. The van der Waals surface area contributed by atoms with E-state index in [1.54, 1.807) is 0 Å². The second-order valence-electron chi connectivity index (χ2n) is 3.34. The van der Waals surface area contributed by atoms with Gasteiger partial charge in [-0.1, -0.05) is 17.7 Å². The number of hydrogen-bond donors (Lipinski definition) is 1. The largest absolute Gasteiger partial charge is 0.326 e. The lowest BCUT2D eigenvalue weighted by Crippen LogP contribution is -2.00. The number of aromatic nitrogens is 2. The average molecular weight is 210 g/mol. The number of fused-ring (bicyclic) bond motifs is 1. The lowest BCUT2D eigenvalue weighted by molar-refractivity contribution is 0.778. The monoisotopic (exact) mass is 209 g/mol. The molecule has 1 aromatic heterocycles. The molecule has 0 spiro atoms. The van der Waals surface area contributed by atoms with Gasteiger partial charge in [0.15, 0.2) is 0 Å². The molecule has 1 heterocycles. The van der Waals surface area contributed by atoms with E-state index in [2.05, 4.69) is 5.10 Å². The van der Waals surface area contributed by atoms with Crippen LogP contribution in [-0.2, 0) is 13.6 Å². The van der Waals surface area contributed by atoms with E-state index in [4.69, 9.17) is 17.3 Å². The summed E-state index contributed by atoms with van der Waals surface area (Å²) in [6.45, 7) is 2.46. The SMILES string of the molecule is Cc1nn(C)c2c(CN)ccc(Cl)c12. The van der Waals surface area contributed by atoms with Crippen LogP contribution in [0.25, 0.3) is 10.9 Å². The third-order valence-electron chi connectivity index (χ3n) is 2.42. The Morgan fingerprint density at radius 2 is 2.21 bits per heavy atom. The predicted molar refractivity (Wildman–Crippen MR) is 58.4 cm³/mol. The van der Waals surface area contributed by atoms with E-state index in [1.165, 1.54) is 0 Å². The third kappa shape index (κ3) is 1.21. The molecule has 0 amide bonds. The molecular weight excluding hydrogens is 198 g/mol. The standard InChI is InChI=1S/C10H12ClN3/c1-6-9-8(11)4-3-7(5-12)10(9)14(2)13-6/h3-4H,5,12H2,1-2H3. The highest BCUT2D eigenvalue weighted by Crippen LogP contribution is 2.28. The van der Waals surface area contributed by atoms with Crippen LogP contribution in [0.5, 0.6) is 0 Å². The Labute approximate surface area is 87.5 Å². The van der Waals surface area contributed by atoms with Crippen LogP contribution in [-0.4, -0.2) is 9.78 Å². The van der Waals surface area contributed by atoms with E-state index in [1.807, 2.05) is 30.8 Å². The predicted octanol–water partition coefficient (Wildman–Crippen LogP) is 1.99. The zero-order valence-corrected chi connectivity index (χ0v) is 8.97. The van der Waals surface area contributed by atoms with E-state index in [0.717, 1.165) is 27.2 Å². The summed E-state index contributed by atoms with van der Waals surface area (Å²) >= 11 is 6.11. The molecule has 0 unspecified atom stereocenters. The highest BCUT2D eigenvalue weighted by atomic mass is 35.5. The van der Waals surface area contributed by atoms with Gasteiger partial charge in [-0.05, 0) is 18.6 Å². The molecule has 0 fully saturated rings. The van der Waals surface area contributed by atoms with Gasteiger partial charge in [0.1, 0.15) is 0 Å². The van der Waals surface area contributed by atoms with Crippen molar-refractivity contribution in [2.45, 2.75) is 13.5 Å². The molecule has 0 bridgehead atoms. The normalized spacial score (nSPS) is 11.1. The minimum atomic E-state index is 0.507. The van der Waals surface area contributed by atoms with E-state index in [0.29, 0.717) is 6.54 Å². The van der Waals surface area contributed by atoms with Crippen molar-refractivity contribution in [3.8, 4) is 0 Å². The van der Waals surface area contributed by atoms with E-state index < -0.39 is 0 Å². The molecule has 0 radical (unpaired) electrons. The lowest BCUT2D eigenvalue weighted by Gasteiger charge is -2.03. The van der Waals surface area contributed by atoms with Gasteiger partial charge >= 0.3 is 0 Å². The molecule has 0 atom stereocenters. The van der Waals surface area contributed by atoms with E-state index >= 15 is 0 Å². The number of aryl methyl sites for hydroxylation is 2. The molecular formula is C10H12ClN3. The van der Waals surface area contributed by atoms with Crippen LogP contribution in [0.4, 0.5) is 0 Å². The topological polar surface area (TPSA) is 43.8 Å². The minimum Gasteiger partial charge on any atom is -0.326 e. The van der Waals surface area contributed by atoms with Gasteiger partial charge in [-0.15, -0.1) is 0 Å². The van der Waals surface area contributed by atoms with Crippen molar-refractivity contribution < 1.29 is 0 Å². The first-order valence-electron chi connectivity index (χ1n) is 4.46. The second kappa shape index (κ2) is 3.26. The molecule has 4 heteroatoms. The number of hydrogen-bond acceptors (Lipinski definition) is 2. The van der Waals surface area contributed by atoms with Gasteiger partial charge in [-0.2, -0.15) is 5.10 Å². The Morgan fingerprint density at radius 1 is 1.50 bits per heavy atom. The highest BCUT2D eigenvalue weighted by Gasteiger charge is 2.11. The Bertz CT molecular complexity index is 488. The van der Waals surface area contributed by atoms with Crippen molar-refractivity contribution in [2.24, 2.45) is 12.8 Å². The van der Waals surface area contributed by atoms with Crippen LogP contribution >= 0.6 is 11.6 Å². The van der Waals surface area contributed by atoms with Crippen LogP contribution in [0.1, 0.15) is 11.3 Å². The first kappa shape index (κ1) is 9.49. The van der Waals surface area contributed by atoms with Crippen molar-refractivity contribution >= 4 is 22.5 Å². The number of nitrogens with two attached hydrogens (primary N) is 1. The number of rotatable bonds is 1. The van der Waals surface area contributed by atoms with Crippen molar-refractivity contribution in [1.82, 2.24) is 9.78 Å². The Balaban J connectivity index is 2.94. The first-order valence-corrected chi connectivity index (χ1v) is 4.83. The summed E-state index contributed by atoms with van der Waals surface area (Å²) in [5.74, 6) is 0. The van der Waals surface area contributed by atoms with Crippen molar-refractivity contribution in [2.75, 3.05) is 0 Å². The van der Waals surface area contributed by atoms with Crippen LogP contribution in [0, 0.1) is 6.92 Å². The number of nitrogens with zero attached hydrogens (tertiary/aromatic N) is 2. The molecule has 0 saturated carbocycles. The smallest absolute Gasteiger partial charge is 0.0741 e. The third-order valence-corrected chi connectivity index (χ3v) is 2.73. The second-order valence-corrected chi connectivity index (χ2v) is 3.75. The molecule has 74 valence electrons. The quantitative estimate of drug-likeness (QED) is 0.781. The summed E-state index contributed by atoms with van der Waals surface area (Å²) in [6, 6.07) is 3.83. The van der Waals surface area contributed by atoms with Crippen molar-refractivity contribution in [3.63, 3.8) is 0 Å². The van der Waals surface area contributed by atoms with Crippen molar-refractivity contribution in [3.05, 3.63) is 28.4 Å². The first-order chi connectivity index (χ1) is 6.65. The zero-order valence-electron chi connectivity index (χ0n) is 8.21. The van der Waals surface area contributed by atoms with Crippen LogP contribution in [0.15, 0.2) is 12.1 Å². The molecule has 14 heavy (non-hydrogen) atoms. The van der Waals surface area contributed by atoms with Gasteiger partial charge in [-0.3, -0.25) is 4.68 Å². The van der Waals surface area contributed by atoms with Gasteiger partial charge in [0.05, 0.1) is 16.2 Å². The molecule has 0 saturated heterocycles. The molecule has 0 aliphatic heterocycles. The number of benzene rings is 1. The minimum absolute atomic E-state index is 0.507. The zero-order chi connectivity index (χ0) is 10.3. The van der Waals surface area contributed by atoms with Crippen LogP contribution < -0.4 is 5.73 Å². The summed E-state index contributed by atoms with van der Waals surface area (Å²) in [6.07, 6.45) is 0. The molecule has 0 aliphatic carbocycles. The fourth-order valence-electron chi connectivity index (χ4n) is 1.81. The van der Waals surface area contributed by atoms with Crippen LogP contribution in [0.3, 0.4) is 0 Å². The summed E-state index contributed by atoms with van der Waals surface area (Å²) in [5.41, 5.74) is 8.72. The maximum Gasteiger partial charge on any atom is 0.0741 e. The van der Waals surface area contributed by atoms with Gasteiger partial charge in [0, 0.05) is 19.0 Å². The Kier molecular flexibility index (Phi) is 2.21. The van der Waals surface area contributed by atoms with E-state index in [-0.39, 0.29) is 0 Å². The molecule has 2 aromatic rings. The Morgan fingerprint density at radius 3 is 2.86 bits per heavy atom.